The second-order valence-corrected chi connectivity index (χ2v) is 7.12. The third-order valence-electron chi connectivity index (χ3n) is 4.48. The van der Waals surface area contributed by atoms with Crippen molar-refractivity contribution in [1.29, 1.82) is 0 Å². The molecule has 0 spiro atoms. The SMILES string of the molecule is CCCNC1CC(C)(C)Cc2[nH]c3ccc(C)cc3c21. The van der Waals surface area contributed by atoms with Gasteiger partial charge in [0.25, 0.3) is 0 Å². The number of hydrogen-bond donors (Lipinski definition) is 2. The summed E-state index contributed by atoms with van der Waals surface area (Å²) >= 11 is 0. The minimum Gasteiger partial charge on any atom is -0.358 e. The number of hydrogen-bond acceptors (Lipinski definition) is 1. The molecule has 2 nitrogen and oxygen atoms in total. The average molecular weight is 270 g/mol. The third-order valence-corrected chi connectivity index (χ3v) is 4.48. The van der Waals surface area contributed by atoms with Crippen molar-refractivity contribution >= 4 is 10.9 Å². The molecule has 1 heterocycles. The number of aromatic amines is 1. The Kier molecular flexibility index (Phi) is 3.37. The summed E-state index contributed by atoms with van der Waals surface area (Å²) < 4.78 is 0. The highest BCUT2D eigenvalue weighted by molar-refractivity contribution is 5.86. The summed E-state index contributed by atoms with van der Waals surface area (Å²) in [4.78, 5) is 3.67. The van der Waals surface area contributed by atoms with E-state index < -0.39 is 0 Å². The van der Waals surface area contributed by atoms with Gasteiger partial charge in [-0.15, -0.1) is 0 Å². The van der Waals surface area contributed by atoms with Gasteiger partial charge in [0.15, 0.2) is 0 Å². The number of rotatable bonds is 3. The van der Waals surface area contributed by atoms with Crippen LogP contribution in [-0.4, -0.2) is 11.5 Å². The maximum absolute atomic E-state index is 3.76. The molecule has 0 saturated carbocycles. The monoisotopic (exact) mass is 270 g/mol. The predicted octanol–water partition coefficient (Wildman–Crippen LogP) is 4.49. The molecule has 1 aromatic carbocycles. The molecule has 3 rings (SSSR count). The van der Waals surface area contributed by atoms with Crippen molar-refractivity contribution in [1.82, 2.24) is 10.3 Å². The number of aromatic nitrogens is 1. The molecular formula is C18H26N2. The van der Waals surface area contributed by atoms with E-state index >= 15 is 0 Å². The van der Waals surface area contributed by atoms with E-state index in [1.165, 1.54) is 40.6 Å². The van der Waals surface area contributed by atoms with Crippen molar-refractivity contribution in [2.75, 3.05) is 6.54 Å². The predicted molar refractivity (Wildman–Crippen MR) is 86.2 cm³/mol. The van der Waals surface area contributed by atoms with Crippen LogP contribution in [0.3, 0.4) is 0 Å². The van der Waals surface area contributed by atoms with Crippen molar-refractivity contribution in [3.05, 3.63) is 35.0 Å². The molecule has 1 atom stereocenters. The van der Waals surface area contributed by atoms with Crippen molar-refractivity contribution in [3.63, 3.8) is 0 Å². The Labute approximate surface area is 122 Å². The molecule has 1 unspecified atom stereocenters. The van der Waals surface area contributed by atoms with Crippen LogP contribution in [0.4, 0.5) is 0 Å². The molecule has 0 radical (unpaired) electrons. The zero-order chi connectivity index (χ0) is 14.3. The van der Waals surface area contributed by atoms with Gasteiger partial charge in [0.1, 0.15) is 0 Å². The number of nitrogens with one attached hydrogen (secondary N) is 2. The van der Waals surface area contributed by atoms with Gasteiger partial charge in [0.2, 0.25) is 0 Å². The van der Waals surface area contributed by atoms with Crippen LogP contribution in [0.25, 0.3) is 10.9 Å². The summed E-state index contributed by atoms with van der Waals surface area (Å²) in [6.45, 7) is 10.3. The zero-order valence-corrected chi connectivity index (χ0v) is 13.1. The summed E-state index contributed by atoms with van der Waals surface area (Å²) in [5, 5.41) is 5.18. The molecule has 0 fully saturated rings. The highest BCUT2D eigenvalue weighted by atomic mass is 14.9. The third kappa shape index (κ3) is 2.37. The van der Waals surface area contributed by atoms with Crippen molar-refractivity contribution in [2.45, 2.75) is 53.0 Å². The standard InChI is InChI=1S/C18H26N2/c1-5-8-19-15-10-18(3,4)11-16-17(15)13-9-12(2)6-7-14(13)20-16/h6-7,9,15,19-20H,5,8,10-11H2,1-4H3. The van der Waals surface area contributed by atoms with Crippen LogP contribution in [0.1, 0.15) is 56.5 Å². The summed E-state index contributed by atoms with van der Waals surface area (Å²) in [7, 11) is 0. The van der Waals surface area contributed by atoms with E-state index in [2.05, 4.69) is 56.2 Å². The van der Waals surface area contributed by atoms with Crippen LogP contribution in [0, 0.1) is 12.3 Å². The first-order chi connectivity index (χ1) is 9.50. The molecule has 1 aromatic heterocycles. The van der Waals surface area contributed by atoms with E-state index in [1.807, 2.05) is 0 Å². The molecule has 2 heteroatoms. The lowest BCUT2D eigenvalue weighted by Gasteiger charge is -2.36. The molecule has 0 amide bonds. The Morgan fingerprint density at radius 1 is 1.35 bits per heavy atom. The molecule has 20 heavy (non-hydrogen) atoms. The number of benzene rings is 1. The van der Waals surface area contributed by atoms with Gasteiger partial charge in [-0.1, -0.05) is 32.4 Å². The van der Waals surface area contributed by atoms with Gasteiger partial charge in [-0.3, -0.25) is 0 Å². The van der Waals surface area contributed by atoms with Gasteiger partial charge < -0.3 is 10.3 Å². The van der Waals surface area contributed by atoms with Gasteiger partial charge in [-0.25, -0.2) is 0 Å². The second kappa shape index (κ2) is 4.92. The van der Waals surface area contributed by atoms with Crippen LogP contribution >= 0.6 is 0 Å². The van der Waals surface area contributed by atoms with Crippen LogP contribution in [0.2, 0.25) is 0 Å². The van der Waals surface area contributed by atoms with Gasteiger partial charge in [0, 0.05) is 22.6 Å². The van der Waals surface area contributed by atoms with E-state index in [9.17, 15) is 0 Å². The number of fused-ring (bicyclic) bond motifs is 3. The normalized spacial score (nSPS) is 21.1. The maximum atomic E-state index is 3.76. The molecule has 1 aliphatic rings. The van der Waals surface area contributed by atoms with Crippen molar-refractivity contribution in [3.8, 4) is 0 Å². The quantitative estimate of drug-likeness (QED) is 0.845. The smallest absolute Gasteiger partial charge is 0.0459 e. The second-order valence-electron chi connectivity index (χ2n) is 7.12. The molecular weight excluding hydrogens is 244 g/mol. The Bertz CT molecular complexity index is 622. The van der Waals surface area contributed by atoms with Crippen LogP contribution < -0.4 is 5.32 Å². The fourth-order valence-corrected chi connectivity index (χ4v) is 3.62. The Balaban J connectivity index is 2.11. The summed E-state index contributed by atoms with van der Waals surface area (Å²) in [6, 6.07) is 7.25. The summed E-state index contributed by atoms with van der Waals surface area (Å²) in [6.07, 6.45) is 3.56. The van der Waals surface area contributed by atoms with E-state index in [1.54, 1.807) is 0 Å². The average Bonchev–Trinajstić information content (AvgIpc) is 2.71. The highest BCUT2D eigenvalue weighted by Crippen LogP contribution is 2.43. The lowest BCUT2D eigenvalue weighted by molar-refractivity contribution is 0.257. The summed E-state index contributed by atoms with van der Waals surface area (Å²) in [5.74, 6) is 0. The van der Waals surface area contributed by atoms with Crippen LogP contribution in [-0.2, 0) is 6.42 Å². The van der Waals surface area contributed by atoms with E-state index in [-0.39, 0.29) is 0 Å². The number of aryl methyl sites for hydroxylation is 1. The maximum Gasteiger partial charge on any atom is 0.0459 e. The minimum atomic E-state index is 0.369. The van der Waals surface area contributed by atoms with Crippen molar-refractivity contribution < 1.29 is 0 Å². The zero-order valence-electron chi connectivity index (χ0n) is 13.1. The van der Waals surface area contributed by atoms with E-state index in [4.69, 9.17) is 0 Å². The topological polar surface area (TPSA) is 27.8 Å². The molecule has 2 aromatic rings. The Morgan fingerprint density at radius 2 is 2.15 bits per heavy atom. The lowest BCUT2D eigenvalue weighted by Crippen LogP contribution is -2.33. The Morgan fingerprint density at radius 3 is 2.90 bits per heavy atom. The molecule has 0 saturated heterocycles. The van der Waals surface area contributed by atoms with Crippen LogP contribution in [0.5, 0.6) is 0 Å². The van der Waals surface area contributed by atoms with Gasteiger partial charge in [-0.05, 0) is 55.8 Å². The highest BCUT2D eigenvalue weighted by Gasteiger charge is 2.34. The first-order valence-corrected chi connectivity index (χ1v) is 7.84. The fraction of sp³-hybridized carbons (Fsp3) is 0.556. The molecule has 0 bridgehead atoms. The molecule has 2 N–H and O–H groups in total. The minimum absolute atomic E-state index is 0.369. The van der Waals surface area contributed by atoms with Gasteiger partial charge >= 0.3 is 0 Å². The van der Waals surface area contributed by atoms with Crippen molar-refractivity contribution in [2.24, 2.45) is 5.41 Å². The molecule has 0 aliphatic heterocycles. The van der Waals surface area contributed by atoms with Gasteiger partial charge in [0.05, 0.1) is 0 Å². The number of H-pyrrole nitrogens is 1. The molecule has 108 valence electrons. The fourth-order valence-electron chi connectivity index (χ4n) is 3.62. The molecule has 1 aliphatic carbocycles. The van der Waals surface area contributed by atoms with E-state index in [0.717, 1.165) is 13.0 Å². The first-order valence-electron chi connectivity index (χ1n) is 7.84. The lowest BCUT2D eigenvalue weighted by atomic mass is 9.74. The van der Waals surface area contributed by atoms with Gasteiger partial charge in [-0.2, -0.15) is 0 Å². The Hall–Kier alpha value is -1.28. The van der Waals surface area contributed by atoms with E-state index in [0.29, 0.717) is 11.5 Å². The first kappa shape index (κ1) is 13.7. The largest absolute Gasteiger partial charge is 0.358 e. The summed E-state index contributed by atoms with van der Waals surface area (Å²) in [5.41, 5.74) is 5.97. The van der Waals surface area contributed by atoms with Crippen LogP contribution in [0.15, 0.2) is 18.2 Å².